The SMILES string of the molecule is CC1SC(c2cccc([N+](=O)[O-])c2)N(NC(=O)COc2ccc(Cl)cc2)C1=O. The van der Waals surface area contributed by atoms with Gasteiger partial charge >= 0.3 is 0 Å². The Hall–Kier alpha value is -2.78. The molecule has 0 radical (unpaired) electrons. The Morgan fingerprint density at radius 1 is 1.32 bits per heavy atom. The third-order valence-corrected chi connectivity index (χ3v) is 5.55. The molecule has 0 saturated carbocycles. The van der Waals surface area contributed by atoms with E-state index in [1.54, 1.807) is 43.3 Å². The fraction of sp³-hybridized carbons (Fsp3) is 0.222. The normalized spacial score (nSPS) is 18.8. The van der Waals surface area contributed by atoms with Gasteiger partial charge in [0.1, 0.15) is 11.1 Å². The van der Waals surface area contributed by atoms with Crippen molar-refractivity contribution in [2.24, 2.45) is 0 Å². The van der Waals surface area contributed by atoms with Gasteiger partial charge in [0.05, 0.1) is 10.2 Å². The van der Waals surface area contributed by atoms with Crippen molar-refractivity contribution in [2.75, 3.05) is 6.61 Å². The van der Waals surface area contributed by atoms with E-state index in [1.165, 1.54) is 28.9 Å². The maximum Gasteiger partial charge on any atom is 0.276 e. The van der Waals surface area contributed by atoms with Crippen molar-refractivity contribution in [3.8, 4) is 5.75 Å². The summed E-state index contributed by atoms with van der Waals surface area (Å²) in [6.45, 7) is 1.42. The molecular formula is C18H16ClN3O5S. The van der Waals surface area contributed by atoms with Crippen LogP contribution in [-0.2, 0) is 9.59 Å². The number of carbonyl (C=O) groups is 2. The number of amides is 2. The molecule has 1 heterocycles. The number of nitro benzene ring substituents is 1. The molecule has 0 bridgehead atoms. The molecule has 1 aliphatic heterocycles. The highest BCUT2D eigenvalue weighted by Gasteiger charge is 2.40. The third kappa shape index (κ3) is 4.55. The minimum atomic E-state index is -0.568. The van der Waals surface area contributed by atoms with Crippen molar-refractivity contribution in [1.82, 2.24) is 10.4 Å². The summed E-state index contributed by atoms with van der Waals surface area (Å²) < 4.78 is 5.38. The highest BCUT2D eigenvalue weighted by Crippen LogP contribution is 2.42. The summed E-state index contributed by atoms with van der Waals surface area (Å²) in [6.07, 6.45) is 0. The van der Waals surface area contributed by atoms with Crippen LogP contribution in [0.4, 0.5) is 5.69 Å². The number of thioether (sulfide) groups is 1. The topological polar surface area (TPSA) is 102 Å². The number of benzene rings is 2. The van der Waals surface area contributed by atoms with Crippen LogP contribution in [0.3, 0.4) is 0 Å². The summed E-state index contributed by atoms with van der Waals surface area (Å²) in [5.41, 5.74) is 3.01. The van der Waals surface area contributed by atoms with Crippen LogP contribution in [0.2, 0.25) is 5.02 Å². The van der Waals surface area contributed by atoms with E-state index in [9.17, 15) is 19.7 Å². The molecule has 2 unspecified atom stereocenters. The lowest BCUT2D eigenvalue weighted by Crippen LogP contribution is -2.47. The standard InChI is InChI=1S/C18H16ClN3O5S/c1-11-17(24)21(18(28-11)12-3-2-4-14(9-12)22(25)26)20-16(23)10-27-15-7-5-13(19)6-8-15/h2-9,11,18H,10H2,1H3,(H,20,23). The molecule has 10 heteroatoms. The van der Waals surface area contributed by atoms with Crippen LogP contribution in [0.1, 0.15) is 17.9 Å². The summed E-state index contributed by atoms with van der Waals surface area (Å²) in [4.78, 5) is 35.2. The fourth-order valence-electron chi connectivity index (χ4n) is 2.60. The van der Waals surface area contributed by atoms with E-state index in [0.717, 1.165) is 0 Å². The Morgan fingerprint density at radius 2 is 2.04 bits per heavy atom. The van der Waals surface area contributed by atoms with Crippen LogP contribution >= 0.6 is 23.4 Å². The zero-order valence-corrected chi connectivity index (χ0v) is 16.3. The first-order valence-electron chi connectivity index (χ1n) is 8.26. The Balaban J connectivity index is 1.70. The predicted octanol–water partition coefficient (Wildman–Crippen LogP) is 3.32. The molecule has 0 aliphatic carbocycles. The summed E-state index contributed by atoms with van der Waals surface area (Å²) in [5, 5.41) is 11.8. The highest BCUT2D eigenvalue weighted by atomic mass is 35.5. The van der Waals surface area contributed by atoms with Crippen LogP contribution < -0.4 is 10.2 Å². The largest absolute Gasteiger partial charge is 0.484 e. The number of nitrogens with one attached hydrogen (secondary N) is 1. The minimum Gasteiger partial charge on any atom is -0.484 e. The molecule has 2 amide bonds. The molecule has 2 aromatic carbocycles. The average molecular weight is 422 g/mol. The van der Waals surface area contributed by atoms with Crippen LogP contribution in [0, 0.1) is 10.1 Å². The first-order chi connectivity index (χ1) is 13.3. The monoisotopic (exact) mass is 421 g/mol. The minimum absolute atomic E-state index is 0.0811. The van der Waals surface area contributed by atoms with Gasteiger partial charge in [0.2, 0.25) is 0 Å². The van der Waals surface area contributed by atoms with Crippen molar-refractivity contribution < 1.29 is 19.2 Å². The van der Waals surface area contributed by atoms with Crippen LogP contribution in [0.15, 0.2) is 48.5 Å². The van der Waals surface area contributed by atoms with Crippen LogP contribution in [-0.4, -0.2) is 33.6 Å². The summed E-state index contributed by atoms with van der Waals surface area (Å²) in [6, 6.07) is 12.5. The van der Waals surface area contributed by atoms with Gasteiger partial charge in [0, 0.05) is 17.2 Å². The molecule has 8 nitrogen and oxygen atoms in total. The third-order valence-electron chi connectivity index (χ3n) is 3.95. The van der Waals surface area contributed by atoms with Gasteiger partial charge in [-0.05, 0) is 36.8 Å². The molecule has 0 aromatic heterocycles. The zero-order valence-electron chi connectivity index (χ0n) is 14.7. The lowest BCUT2D eigenvalue weighted by molar-refractivity contribution is -0.384. The second kappa shape index (κ2) is 8.49. The Kier molecular flexibility index (Phi) is 6.05. The average Bonchev–Trinajstić information content (AvgIpc) is 2.96. The smallest absolute Gasteiger partial charge is 0.276 e. The summed E-state index contributed by atoms with van der Waals surface area (Å²) in [5.74, 6) is -0.347. The fourth-order valence-corrected chi connectivity index (χ4v) is 3.93. The van der Waals surface area contributed by atoms with E-state index in [1.807, 2.05) is 0 Å². The number of non-ortho nitro benzene ring substituents is 1. The van der Waals surface area contributed by atoms with E-state index in [2.05, 4.69) is 5.43 Å². The van der Waals surface area contributed by atoms with E-state index in [4.69, 9.17) is 16.3 Å². The second-order valence-corrected chi connectivity index (χ2v) is 7.83. The number of nitrogens with zero attached hydrogens (tertiary/aromatic N) is 2. The Bertz CT molecular complexity index is 908. The number of carbonyl (C=O) groups excluding carboxylic acids is 2. The van der Waals surface area contributed by atoms with Gasteiger partial charge in [-0.1, -0.05) is 23.7 Å². The Morgan fingerprint density at radius 3 is 2.71 bits per heavy atom. The van der Waals surface area contributed by atoms with Crippen molar-refractivity contribution in [3.05, 3.63) is 69.2 Å². The van der Waals surface area contributed by atoms with Crippen LogP contribution in [0.25, 0.3) is 0 Å². The molecule has 28 heavy (non-hydrogen) atoms. The lowest BCUT2D eigenvalue weighted by atomic mass is 10.2. The van der Waals surface area contributed by atoms with Gasteiger partial charge in [-0.2, -0.15) is 0 Å². The van der Waals surface area contributed by atoms with Crippen molar-refractivity contribution >= 4 is 40.9 Å². The van der Waals surface area contributed by atoms with Crippen molar-refractivity contribution in [1.29, 1.82) is 0 Å². The molecule has 1 aliphatic rings. The summed E-state index contributed by atoms with van der Waals surface area (Å²) in [7, 11) is 0. The van der Waals surface area contributed by atoms with E-state index < -0.39 is 21.5 Å². The van der Waals surface area contributed by atoms with Crippen LogP contribution in [0.5, 0.6) is 5.75 Å². The van der Waals surface area contributed by atoms with E-state index >= 15 is 0 Å². The number of hydrogen-bond acceptors (Lipinski definition) is 6. The van der Waals surface area contributed by atoms with Crippen molar-refractivity contribution in [3.63, 3.8) is 0 Å². The molecule has 2 atom stereocenters. The quantitative estimate of drug-likeness (QED) is 0.567. The molecular weight excluding hydrogens is 406 g/mol. The highest BCUT2D eigenvalue weighted by molar-refractivity contribution is 8.01. The molecule has 2 aromatic rings. The zero-order chi connectivity index (χ0) is 20.3. The molecule has 1 N–H and O–H groups in total. The number of hydrazine groups is 1. The van der Waals surface area contributed by atoms with Gasteiger partial charge in [-0.3, -0.25) is 25.1 Å². The van der Waals surface area contributed by atoms with Gasteiger partial charge in [-0.25, -0.2) is 5.01 Å². The molecule has 3 rings (SSSR count). The molecule has 1 fully saturated rings. The number of halogens is 1. The van der Waals surface area contributed by atoms with Gasteiger partial charge in [0.25, 0.3) is 17.5 Å². The van der Waals surface area contributed by atoms with E-state index in [-0.39, 0.29) is 18.2 Å². The van der Waals surface area contributed by atoms with Gasteiger partial charge in [0.15, 0.2) is 6.61 Å². The Labute approximate surface area is 169 Å². The molecule has 0 spiro atoms. The maximum absolute atomic E-state index is 12.5. The number of nitro groups is 1. The number of hydrogen-bond donors (Lipinski definition) is 1. The summed E-state index contributed by atoms with van der Waals surface area (Å²) >= 11 is 7.10. The predicted molar refractivity (Wildman–Crippen MR) is 105 cm³/mol. The number of ether oxygens (including phenoxy) is 1. The van der Waals surface area contributed by atoms with Gasteiger partial charge in [-0.15, -0.1) is 11.8 Å². The molecule has 1 saturated heterocycles. The van der Waals surface area contributed by atoms with E-state index in [0.29, 0.717) is 16.3 Å². The lowest BCUT2D eigenvalue weighted by Gasteiger charge is -2.24. The second-order valence-electron chi connectivity index (χ2n) is 5.97. The molecule has 146 valence electrons. The van der Waals surface area contributed by atoms with Crippen molar-refractivity contribution in [2.45, 2.75) is 17.5 Å². The first-order valence-corrected chi connectivity index (χ1v) is 9.58. The first kappa shape index (κ1) is 20.0. The number of rotatable bonds is 6. The van der Waals surface area contributed by atoms with Gasteiger partial charge < -0.3 is 4.74 Å². The maximum atomic E-state index is 12.5.